The Labute approximate surface area is 112 Å². The Morgan fingerprint density at radius 1 is 1.29 bits per heavy atom. The molecule has 1 aromatic carbocycles. The average Bonchev–Trinajstić information content (AvgIpc) is 2.55. The molecular weight excluding hydrogens is 255 g/mol. The van der Waals surface area contributed by atoms with Crippen LogP contribution in [0.15, 0.2) is 18.2 Å². The number of para-hydroxylation sites is 1. The summed E-state index contributed by atoms with van der Waals surface area (Å²) in [7, 11) is 0. The molecule has 0 radical (unpaired) electrons. The molecule has 17 heavy (non-hydrogen) atoms. The fourth-order valence-electron chi connectivity index (χ4n) is 1.94. The number of nitrogens with zero attached hydrogens (tertiary/aromatic N) is 2. The summed E-state index contributed by atoms with van der Waals surface area (Å²) in [6.45, 7) is 7.42. The van der Waals surface area contributed by atoms with Crippen molar-refractivity contribution >= 4 is 34.2 Å². The van der Waals surface area contributed by atoms with Gasteiger partial charge in [-0.05, 0) is 17.5 Å². The summed E-state index contributed by atoms with van der Waals surface area (Å²) in [5, 5.41) is 0.732. The third-order valence-electron chi connectivity index (χ3n) is 2.55. The fraction of sp³-hybridized carbons (Fsp3) is 0.462. The van der Waals surface area contributed by atoms with Crippen LogP contribution >= 0.6 is 23.2 Å². The first kappa shape index (κ1) is 12.7. The first-order valence-corrected chi connectivity index (χ1v) is 6.53. The molecule has 0 amide bonds. The van der Waals surface area contributed by atoms with Crippen molar-refractivity contribution < 1.29 is 0 Å². The van der Waals surface area contributed by atoms with Gasteiger partial charge in [0, 0.05) is 6.54 Å². The normalized spacial score (nSPS) is 12.3. The maximum absolute atomic E-state index is 6.26. The second-order valence-corrected chi connectivity index (χ2v) is 6.09. The van der Waals surface area contributed by atoms with Crippen LogP contribution < -0.4 is 0 Å². The Hall–Kier alpha value is -0.730. The van der Waals surface area contributed by atoms with Crippen LogP contribution in [0.3, 0.4) is 0 Å². The van der Waals surface area contributed by atoms with E-state index >= 15 is 0 Å². The highest BCUT2D eigenvalue weighted by atomic mass is 35.5. The molecule has 0 bridgehead atoms. The highest BCUT2D eigenvalue weighted by Gasteiger charge is 2.18. The van der Waals surface area contributed by atoms with Gasteiger partial charge in [-0.2, -0.15) is 0 Å². The second-order valence-electron chi connectivity index (χ2n) is 5.42. The number of imidazole rings is 1. The maximum atomic E-state index is 6.26. The zero-order valence-corrected chi connectivity index (χ0v) is 11.8. The van der Waals surface area contributed by atoms with Crippen molar-refractivity contribution in [2.45, 2.75) is 33.2 Å². The Morgan fingerprint density at radius 3 is 2.59 bits per heavy atom. The Balaban J connectivity index is 2.65. The van der Waals surface area contributed by atoms with Crippen LogP contribution in [0.5, 0.6) is 0 Å². The molecule has 0 saturated carbocycles. The van der Waals surface area contributed by atoms with Crippen molar-refractivity contribution in [3.8, 4) is 0 Å². The molecule has 0 aliphatic rings. The van der Waals surface area contributed by atoms with Crippen molar-refractivity contribution in [1.29, 1.82) is 0 Å². The minimum absolute atomic E-state index is 0.160. The van der Waals surface area contributed by atoms with Crippen molar-refractivity contribution in [2.75, 3.05) is 0 Å². The molecule has 4 heteroatoms. The van der Waals surface area contributed by atoms with Gasteiger partial charge in [0.1, 0.15) is 5.82 Å². The third kappa shape index (κ3) is 2.58. The van der Waals surface area contributed by atoms with Crippen LogP contribution in [-0.2, 0) is 12.4 Å². The van der Waals surface area contributed by atoms with Gasteiger partial charge in [-0.25, -0.2) is 4.98 Å². The van der Waals surface area contributed by atoms with Crippen molar-refractivity contribution in [3.05, 3.63) is 29.0 Å². The molecule has 0 fully saturated rings. The topological polar surface area (TPSA) is 17.8 Å². The number of hydrogen-bond donors (Lipinski definition) is 0. The lowest BCUT2D eigenvalue weighted by molar-refractivity contribution is 0.344. The highest BCUT2D eigenvalue weighted by molar-refractivity contribution is 6.35. The van der Waals surface area contributed by atoms with Gasteiger partial charge in [0.2, 0.25) is 0 Å². The molecule has 0 aliphatic heterocycles. The summed E-state index contributed by atoms with van der Waals surface area (Å²) >= 11 is 12.2. The largest absolute Gasteiger partial charge is 0.325 e. The number of halogens is 2. The van der Waals surface area contributed by atoms with Crippen molar-refractivity contribution in [1.82, 2.24) is 9.55 Å². The van der Waals surface area contributed by atoms with Crippen LogP contribution in [0.25, 0.3) is 11.0 Å². The Morgan fingerprint density at radius 2 is 2.00 bits per heavy atom. The summed E-state index contributed by atoms with van der Waals surface area (Å²) in [5.41, 5.74) is 2.06. The predicted molar refractivity (Wildman–Crippen MR) is 73.8 cm³/mol. The standard InChI is InChI=1S/C13H16Cl2N2/c1-13(2,3)8-17-11(7-14)16-10-6-4-5-9(15)12(10)17/h4-6H,7-8H2,1-3H3. The summed E-state index contributed by atoms with van der Waals surface area (Å²) < 4.78 is 2.13. The number of hydrogen-bond acceptors (Lipinski definition) is 1. The van der Waals surface area contributed by atoms with Gasteiger partial charge >= 0.3 is 0 Å². The Kier molecular flexibility index (Phi) is 3.37. The molecule has 0 aliphatic carbocycles. The van der Waals surface area contributed by atoms with Gasteiger partial charge in [0.25, 0.3) is 0 Å². The predicted octanol–water partition coefficient (Wildman–Crippen LogP) is 4.47. The molecule has 92 valence electrons. The van der Waals surface area contributed by atoms with E-state index in [9.17, 15) is 0 Å². The van der Waals surface area contributed by atoms with E-state index in [1.165, 1.54) is 0 Å². The smallest absolute Gasteiger partial charge is 0.124 e. The van der Waals surface area contributed by atoms with E-state index in [-0.39, 0.29) is 5.41 Å². The molecule has 2 aromatic rings. The molecular formula is C13H16Cl2N2. The van der Waals surface area contributed by atoms with Gasteiger partial charge in [-0.3, -0.25) is 0 Å². The molecule has 2 rings (SSSR count). The zero-order valence-electron chi connectivity index (χ0n) is 10.3. The quantitative estimate of drug-likeness (QED) is 0.736. The number of fused-ring (bicyclic) bond motifs is 1. The monoisotopic (exact) mass is 270 g/mol. The molecule has 0 atom stereocenters. The van der Waals surface area contributed by atoms with Gasteiger partial charge in [-0.15, -0.1) is 11.6 Å². The van der Waals surface area contributed by atoms with Crippen LogP contribution in [0, 0.1) is 5.41 Å². The molecule has 0 saturated heterocycles. The van der Waals surface area contributed by atoms with Gasteiger partial charge < -0.3 is 4.57 Å². The molecule has 2 nitrogen and oxygen atoms in total. The molecule has 0 unspecified atom stereocenters. The lowest BCUT2D eigenvalue weighted by Gasteiger charge is -2.21. The van der Waals surface area contributed by atoms with E-state index in [4.69, 9.17) is 23.2 Å². The second kappa shape index (κ2) is 4.51. The van der Waals surface area contributed by atoms with E-state index in [0.717, 1.165) is 28.4 Å². The minimum atomic E-state index is 0.160. The van der Waals surface area contributed by atoms with Crippen LogP contribution in [0.2, 0.25) is 5.02 Å². The van der Waals surface area contributed by atoms with Crippen LogP contribution in [0.1, 0.15) is 26.6 Å². The van der Waals surface area contributed by atoms with Gasteiger partial charge in [0.05, 0.1) is 21.9 Å². The average molecular weight is 271 g/mol. The molecule has 1 aromatic heterocycles. The fourth-order valence-corrected chi connectivity index (χ4v) is 2.41. The van der Waals surface area contributed by atoms with E-state index in [0.29, 0.717) is 5.88 Å². The highest BCUT2D eigenvalue weighted by Crippen LogP contribution is 2.28. The zero-order chi connectivity index (χ0) is 12.6. The van der Waals surface area contributed by atoms with E-state index < -0.39 is 0 Å². The lowest BCUT2D eigenvalue weighted by atomic mass is 9.97. The summed E-state index contributed by atoms with van der Waals surface area (Å²) in [5.74, 6) is 1.28. The minimum Gasteiger partial charge on any atom is -0.325 e. The van der Waals surface area contributed by atoms with Gasteiger partial charge in [-0.1, -0.05) is 38.4 Å². The number of alkyl halides is 1. The molecule has 0 N–H and O–H groups in total. The SMILES string of the molecule is CC(C)(C)Cn1c(CCl)nc2cccc(Cl)c21. The molecule has 1 heterocycles. The van der Waals surface area contributed by atoms with Crippen molar-refractivity contribution in [3.63, 3.8) is 0 Å². The third-order valence-corrected chi connectivity index (χ3v) is 3.09. The maximum Gasteiger partial charge on any atom is 0.124 e. The number of aromatic nitrogens is 2. The van der Waals surface area contributed by atoms with Crippen molar-refractivity contribution in [2.24, 2.45) is 5.41 Å². The summed E-state index contributed by atoms with van der Waals surface area (Å²) in [4.78, 5) is 4.52. The lowest BCUT2D eigenvalue weighted by Crippen LogP contribution is -2.17. The number of rotatable bonds is 2. The van der Waals surface area contributed by atoms with Crippen LogP contribution in [-0.4, -0.2) is 9.55 Å². The first-order valence-electron chi connectivity index (χ1n) is 5.62. The van der Waals surface area contributed by atoms with E-state index in [1.54, 1.807) is 0 Å². The summed E-state index contributed by atoms with van der Waals surface area (Å²) in [6, 6.07) is 5.77. The Bertz CT molecular complexity index is 538. The summed E-state index contributed by atoms with van der Waals surface area (Å²) in [6.07, 6.45) is 0. The van der Waals surface area contributed by atoms with E-state index in [1.807, 2.05) is 18.2 Å². The number of benzene rings is 1. The van der Waals surface area contributed by atoms with Gasteiger partial charge in [0.15, 0.2) is 0 Å². The molecule has 0 spiro atoms. The van der Waals surface area contributed by atoms with E-state index in [2.05, 4.69) is 30.3 Å². The van der Waals surface area contributed by atoms with Crippen LogP contribution in [0.4, 0.5) is 0 Å². The first-order chi connectivity index (χ1) is 7.92.